The second-order valence-corrected chi connectivity index (χ2v) is 6.71. The molecule has 3 aromatic rings. The molecule has 1 aliphatic heterocycles. The van der Waals surface area contributed by atoms with Crippen molar-refractivity contribution in [1.82, 2.24) is 14.9 Å². The Morgan fingerprint density at radius 1 is 1.15 bits per heavy atom. The van der Waals surface area contributed by atoms with Gasteiger partial charge in [0.25, 0.3) is 11.1 Å². The number of hydrogen-bond donors (Lipinski definition) is 1. The van der Waals surface area contributed by atoms with Gasteiger partial charge < -0.3 is 9.30 Å². The molecule has 0 unspecified atom stereocenters. The Balaban J connectivity index is 1.37. The lowest BCUT2D eigenvalue weighted by atomic mass is 10.2. The summed E-state index contributed by atoms with van der Waals surface area (Å²) in [6.07, 6.45) is 5.47. The molecule has 1 aliphatic rings. The normalized spacial score (nSPS) is 15.6. The van der Waals surface area contributed by atoms with Crippen molar-refractivity contribution in [2.45, 2.75) is 6.54 Å². The van der Waals surface area contributed by atoms with Crippen LogP contribution in [0.3, 0.4) is 0 Å². The van der Waals surface area contributed by atoms with E-state index >= 15 is 0 Å². The van der Waals surface area contributed by atoms with Gasteiger partial charge in [-0.05, 0) is 53.7 Å². The fraction of sp³-hybridized carbons (Fsp3) is 0.105. The molecule has 1 fully saturated rings. The third-order valence-electron chi connectivity index (χ3n) is 3.94. The Kier molecular flexibility index (Phi) is 4.45. The van der Waals surface area contributed by atoms with Gasteiger partial charge in [-0.2, -0.15) is 0 Å². The molecule has 0 atom stereocenters. The predicted octanol–water partition coefficient (Wildman–Crippen LogP) is 3.44. The maximum absolute atomic E-state index is 11.5. The SMILES string of the molecule is O=C1NC(=O)/C(=C/c2ccc(OCCn3ccc4cccnc43)cc2)S1. The average Bonchev–Trinajstić information content (AvgIpc) is 3.19. The summed E-state index contributed by atoms with van der Waals surface area (Å²) in [7, 11) is 0. The van der Waals surface area contributed by atoms with Gasteiger partial charge >= 0.3 is 0 Å². The standard InChI is InChI=1S/C19H15N3O3S/c23-18-16(26-19(24)21-18)12-13-3-5-15(6-4-13)25-11-10-22-9-7-14-2-1-8-20-17(14)22/h1-9,12H,10-11H2,(H,21,23,24)/b16-12-. The summed E-state index contributed by atoms with van der Waals surface area (Å²) in [6.45, 7) is 1.22. The van der Waals surface area contributed by atoms with Crippen molar-refractivity contribution < 1.29 is 14.3 Å². The Bertz CT molecular complexity index is 1010. The van der Waals surface area contributed by atoms with Crippen molar-refractivity contribution in [3.8, 4) is 5.75 Å². The molecule has 2 amide bonds. The van der Waals surface area contributed by atoms with Crippen molar-refractivity contribution >= 4 is 40.0 Å². The van der Waals surface area contributed by atoms with Crippen LogP contribution in [-0.2, 0) is 11.3 Å². The highest BCUT2D eigenvalue weighted by Gasteiger charge is 2.24. The summed E-state index contributed by atoms with van der Waals surface area (Å²) in [6, 6.07) is 13.4. The number of amides is 2. The van der Waals surface area contributed by atoms with Crippen LogP contribution in [0.5, 0.6) is 5.75 Å². The number of ether oxygens (including phenoxy) is 1. The molecule has 3 heterocycles. The molecule has 2 aromatic heterocycles. The molecule has 130 valence electrons. The molecule has 7 heteroatoms. The number of imide groups is 1. The molecular formula is C19H15N3O3S. The fourth-order valence-corrected chi connectivity index (χ4v) is 3.38. The van der Waals surface area contributed by atoms with E-state index in [-0.39, 0.29) is 11.1 Å². The van der Waals surface area contributed by atoms with Gasteiger partial charge in [0, 0.05) is 17.8 Å². The van der Waals surface area contributed by atoms with Crippen molar-refractivity contribution in [3.63, 3.8) is 0 Å². The highest BCUT2D eigenvalue weighted by molar-refractivity contribution is 8.18. The Morgan fingerprint density at radius 2 is 2.00 bits per heavy atom. The van der Waals surface area contributed by atoms with E-state index in [1.807, 2.05) is 48.7 Å². The molecule has 0 radical (unpaired) electrons. The molecular weight excluding hydrogens is 350 g/mol. The minimum absolute atomic E-state index is 0.340. The van der Waals surface area contributed by atoms with Crippen LogP contribution in [0.4, 0.5) is 4.79 Å². The van der Waals surface area contributed by atoms with E-state index in [1.54, 1.807) is 12.3 Å². The van der Waals surface area contributed by atoms with Gasteiger partial charge in [-0.3, -0.25) is 14.9 Å². The lowest BCUT2D eigenvalue weighted by molar-refractivity contribution is -0.115. The number of nitrogens with zero attached hydrogens (tertiary/aromatic N) is 2. The molecule has 0 spiro atoms. The van der Waals surface area contributed by atoms with Gasteiger partial charge in [-0.1, -0.05) is 12.1 Å². The number of thioether (sulfide) groups is 1. The van der Waals surface area contributed by atoms with Crippen molar-refractivity contribution in [1.29, 1.82) is 0 Å². The number of rotatable bonds is 5. The number of hydrogen-bond acceptors (Lipinski definition) is 5. The summed E-state index contributed by atoms with van der Waals surface area (Å²) < 4.78 is 7.84. The first-order valence-corrected chi connectivity index (χ1v) is 8.88. The molecule has 6 nitrogen and oxygen atoms in total. The molecule has 0 bridgehead atoms. The summed E-state index contributed by atoms with van der Waals surface area (Å²) in [5.74, 6) is 0.393. The average molecular weight is 365 g/mol. The van der Waals surface area contributed by atoms with Gasteiger partial charge in [-0.15, -0.1) is 0 Å². The van der Waals surface area contributed by atoms with Crippen LogP contribution in [0, 0.1) is 0 Å². The van der Waals surface area contributed by atoms with Gasteiger partial charge in [0.2, 0.25) is 0 Å². The number of carbonyl (C=O) groups excluding carboxylic acids is 2. The smallest absolute Gasteiger partial charge is 0.290 e. The minimum Gasteiger partial charge on any atom is -0.492 e. The lowest BCUT2D eigenvalue weighted by Gasteiger charge is -2.08. The monoisotopic (exact) mass is 365 g/mol. The van der Waals surface area contributed by atoms with E-state index in [9.17, 15) is 9.59 Å². The third kappa shape index (κ3) is 3.48. The van der Waals surface area contributed by atoms with Crippen LogP contribution >= 0.6 is 11.8 Å². The quantitative estimate of drug-likeness (QED) is 0.701. The Hall–Kier alpha value is -3.06. The summed E-state index contributed by atoms with van der Waals surface area (Å²) >= 11 is 0.908. The molecule has 1 N–H and O–H groups in total. The van der Waals surface area contributed by atoms with Gasteiger partial charge in [-0.25, -0.2) is 4.98 Å². The second-order valence-electron chi connectivity index (χ2n) is 5.70. The topological polar surface area (TPSA) is 73.2 Å². The van der Waals surface area contributed by atoms with Crippen LogP contribution in [0.15, 0.2) is 59.8 Å². The van der Waals surface area contributed by atoms with Gasteiger partial charge in [0.15, 0.2) is 0 Å². The summed E-state index contributed by atoms with van der Waals surface area (Å²) in [5, 5.41) is 3.01. The number of fused-ring (bicyclic) bond motifs is 1. The molecule has 1 aromatic carbocycles. The minimum atomic E-state index is -0.354. The van der Waals surface area contributed by atoms with E-state index in [1.165, 1.54) is 0 Å². The van der Waals surface area contributed by atoms with Crippen molar-refractivity contribution in [3.05, 3.63) is 65.3 Å². The molecule has 0 saturated carbocycles. The van der Waals surface area contributed by atoms with Crippen LogP contribution in [0.1, 0.15) is 5.56 Å². The largest absolute Gasteiger partial charge is 0.492 e. The van der Waals surface area contributed by atoms with E-state index < -0.39 is 0 Å². The third-order valence-corrected chi connectivity index (χ3v) is 4.75. The zero-order chi connectivity index (χ0) is 17.9. The first kappa shape index (κ1) is 16.4. The molecule has 4 rings (SSSR count). The molecule has 1 saturated heterocycles. The number of nitrogens with one attached hydrogen (secondary N) is 1. The predicted molar refractivity (Wildman–Crippen MR) is 101 cm³/mol. The number of aromatic nitrogens is 2. The van der Waals surface area contributed by atoms with Gasteiger partial charge in [0.05, 0.1) is 11.4 Å². The summed E-state index contributed by atoms with van der Waals surface area (Å²) in [4.78, 5) is 27.5. The highest BCUT2D eigenvalue weighted by Crippen LogP contribution is 2.26. The first-order chi connectivity index (χ1) is 12.7. The summed E-state index contributed by atoms with van der Waals surface area (Å²) in [5.41, 5.74) is 1.78. The van der Waals surface area contributed by atoms with Crippen LogP contribution in [0.2, 0.25) is 0 Å². The first-order valence-electron chi connectivity index (χ1n) is 8.07. The van der Waals surface area contributed by atoms with Crippen molar-refractivity contribution in [2.75, 3.05) is 6.61 Å². The number of pyridine rings is 1. The number of carbonyl (C=O) groups is 2. The maximum Gasteiger partial charge on any atom is 0.290 e. The molecule has 26 heavy (non-hydrogen) atoms. The van der Waals surface area contributed by atoms with Gasteiger partial charge in [0.1, 0.15) is 18.0 Å². The van der Waals surface area contributed by atoms with E-state index in [0.29, 0.717) is 18.1 Å². The zero-order valence-electron chi connectivity index (χ0n) is 13.7. The maximum atomic E-state index is 11.5. The lowest BCUT2D eigenvalue weighted by Crippen LogP contribution is -2.17. The number of benzene rings is 1. The Labute approximate surface area is 153 Å². The van der Waals surface area contributed by atoms with Crippen LogP contribution in [0.25, 0.3) is 17.1 Å². The Morgan fingerprint density at radius 3 is 2.77 bits per heavy atom. The zero-order valence-corrected chi connectivity index (χ0v) is 14.5. The van der Waals surface area contributed by atoms with E-state index in [0.717, 1.165) is 34.1 Å². The molecule has 0 aliphatic carbocycles. The van der Waals surface area contributed by atoms with E-state index in [2.05, 4.69) is 14.9 Å². The second kappa shape index (κ2) is 7.05. The van der Waals surface area contributed by atoms with Crippen LogP contribution < -0.4 is 10.1 Å². The van der Waals surface area contributed by atoms with E-state index in [4.69, 9.17) is 4.74 Å². The van der Waals surface area contributed by atoms with Crippen molar-refractivity contribution in [2.24, 2.45) is 0 Å². The fourth-order valence-electron chi connectivity index (χ4n) is 2.70. The van der Waals surface area contributed by atoms with Crippen LogP contribution in [-0.4, -0.2) is 27.3 Å². The highest BCUT2D eigenvalue weighted by atomic mass is 32.2.